The number of hydrogen-bond donors (Lipinski definition) is 1. The smallest absolute Gasteiger partial charge is 0.119 e. The molecule has 0 aromatic heterocycles. The van der Waals surface area contributed by atoms with Crippen LogP contribution in [-0.2, 0) is 4.74 Å². The molecule has 0 aliphatic carbocycles. The van der Waals surface area contributed by atoms with E-state index in [1.54, 1.807) is 7.11 Å². The monoisotopic (exact) mass is 252 g/mol. The molecule has 0 spiro atoms. The molecule has 0 aliphatic rings. The standard InChI is InChI=1S/C15H24O3/c1-12(2)6-5-9-18-11-15(16)13-7-4-8-14(10-13)17-3/h4,7-8,10,12,15-16H,5-6,9,11H2,1-3H3. The van der Waals surface area contributed by atoms with Gasteiger partial charge in [-0.15, -0.1) is 0 Å². The maximum atomic E-state index is 9.97. The highest BCUT2D eigenvalue weighted by molar-refractivity contribution is 5.29. The molecule has 0 amide bonds. The zero-order valence-electron chi connectivity index (χ0n) is 11.6. The molecule has 3 nitrogen and oxygen atoms in total. The molecular formula is C15H24O3. The second-order valence-electron chi connectivity index (χ2n) is 4.90. The van der Waals surface area contributed by atoms with Crippen LogP contribution < -0.4 is 4.74 Å². The highest BCUT2D eigenvalue weighted by atomic mass is 16.5. The third kappa shape index (κ3) is 5.52. The van der Waals surface area contributed by atoms with Gasteiger partial charge >= 0.3 is 0 Å². The molecule has 1 rings (SSSR count). The van der Waals surface area contributed by atoms with Crippen LogP contribution in [0.4, 0.5) is 0 Å². The predicted molar refractivity (Wildman–Crippen MR) is 72.8 cm³/mol. The van der Waals surface area contributed by atoms with Gasteiger partial charge in [0.2, 0.25) is 0 Å². The molecule has 0 saturated heterocycles. The average Bonchev–Trinajstić information content (AvgIpc) is 2.37. The van der Waals surface area contributed by atoms with Crippen LogP contribution in [0.1, 0.15) is 38.4 Å². The first-order chi connectivity index (χ1) is 8.63. The first-order valence-electron chi connectivity index (χ1n) is 6.53. The third-order valence-corrected chi connectivity index (χ3v) is 2.82. The van der Waals surface area contributed by atoms with Gasteiger partial charge in [0.25, 0.3) is 0 Å². The summed E-state index contributed by atoms with van der Waals surface area (Å²) in [5.41, 5.74) is 0.832. The molecule has 0 radical (unpaired) electrons. The molecule has 1 atom stereocenters. The van der Waals surface area contributed by atoms with Gasteiger partial charge in [0.1, 0.15) is 11.9 Å². The van der Waals surface area contributed by atoms with Gasteiger partial charge in [-0.05, 0) is 36.5 Å². The number of benzene rings is 1. The maximum Gasteiger partial charge on any atom is 0.119 e. The van der Waals surface area contributed by atoms with E-state index in [4.69, 9.17) is 9.47 Å². The van der Waals surface area contributed by atoms with Gasteiger partial charge in [0.05, 0.1) is 13.7 Å². The predicted octanol–water partition coefficient (Wildman–Crippen LogP) is 3.18. The lowest BCUT2D eigenvalue weighted by atomic mass is 10.1. The Morgan fingerprint density at radius 3 is 2.72 bits per heavy atom. The highest BCUT2D eigenvalue weighted by Crippen LogP contribution is 2.19. The summed E-state index contributed by atoms with van der Waals surface area (Å²) in [6.45, 7) is 5.45. The summed E-state index contributed by atoms with van der Waals surface area (Å²) in [7, 11) is 1.62. The summed E-state index contributed by atoms with van der Waals surface area (Å²) < 4.78 is 10.6. The van der Waals surface area contributed by atoms with Crippen LogP contribution in [-0.4, -0.2) is 25.4 Å². The minimum absolute atomic E-state index is 0.339. The highest BCUT2D eigenvalue weighted by Gasteiger charge is 2.08. The number of hydrogen-bond acceptors (Lipinski definition) is 3. The van der Waals surface area contributed by atoms with Crippen LogP contribution in [0.25, 0.3) is 0 Å². The van der Waals surface area contributed by atoms with E-state index in [9.17, 15) is 5.11 Å². The molecule has 1 aromatic rings. The summed E-state index contributed by atoms with van der Waals surface area (Å²) in [5, 5.41) is 9.97. The van der Waals surface area contributed by atoms with Crippen molar-refractivity contribution in [1.29, 1.82) is 0 Å². The van der Waals surface area contributed by atoms with Crippen LogP contribution in [0, 0.1) is 5.92 Å². The average molecular weight is 252 g/mol. The summed E-state index contributed by atoms with van der Waals surface area (Å²) in [6.07, 6.45) is 1.62. The molecule has 1 aromatic carbocycles. The summed E-state index contributed by atoms with van der Waals surface area (Å²) >= 11 is 0. The van der Waals surface area contributed by atoms with E-state index in [-0.39, 0.29) is 0 Å². The lowest BCUT2D eigenvalue weighted by Crippen LogP contribution is -2.08. The van der Waals surface area contributed by atoms with Gasteiger partial charge < -0.3 is 14.6 Å². The molecule has 0 heterocycles. The van der Waals surface area contributed by atoms with Crippen molar-refractivity contribution in [3.63, 3.8) is 0 Å². The molecular weight excluding hydrogens is 228 g/mol. The topological polar surface area (TPSA) is 38.7 Å². The van der Waals surface area contributed by atoms with Crippen LogP contribution in [0.15, 0.2) is 24.3 Å². The van der Waals surface area contributed by atoms with Crippen molar-refractivity contribution in [2.75, 3.05) is 20.3 Å². The number of rotatable bonds is 8. The van der Waals surface area contributed by atoms with Crippen molar-refractivity contribution in [2.45, 2.75) is 32.8 Å². The third-order valence-electron chi connectivity index (χ3n) is 2.82. The molecule has 0 fully saturated rings. The molecule has 0 bridgehead atoms. The van der Waals surface area contributed by atoms with E-state index in [1.807, 2.05) is 24.3 Å². The minimum Gasteiger partial charge on any atom is -0.497 e. The Morgan fingerprint density at radius 2 is 2.06 bits per heavy atom. The van der Waals surface area contributed by atoms with Crippen LogP contribution in [0.2, 0.25) is 0 Å². The number of aliphatic hydroxyl groups excluding tert-OH is 1. The molecule has 0 aliphatic heterocycles. The minimum atomic E-state index is -0.584. The fourth-order valence-corrected chi connectivity index (χ4v) is 1.73. The Labute approximate surface area is 110 Å². The first kappa shape index (κ1) is 15.0. The van der Waals surface area contributed by atoms with E-state index in [0.29, 0.717) is 19.1 Å². The zero-order valence-corrected chi connectivity index (χ0v) is 11.6. The molecule has 18 heavy (non-hydrogen) atoms. The molecule has 102 valence electrons. The van der Waals surface area contributed by atoms with Gasteiger partial charge in [-0.3, -0.25) is 0 Å². The number of ether oxygens (including phenoxy) is 2. The van der Waals surface area contributed by atoms with Crippen molar-refractivity contribution in [1.82, 2.24) is 0 Å². The molecule has 1 N–H and O–H groups in total. The molecule has 3 heteroatoms. The van der Waals surface area contributed by atoms with E-state index < -0.39 is 6.10 Å². The Balaban J connectivity index is 2.29. The van der Waals surface area contributed by atoms with Crippen molar-refractivity contribution in [3.05, 3.63) is 29.8 Å². The fourth-order valence-electron chi connectivity index (χ4n) is 1.73. The van der Waals surface area contributed by atoms with Crippen LogP contribution >= 0.6 is 0 Å². The lowest BCUT2D eigenvalue weighted by Gasteiger charge is -2.13. The SMILES string of the molecule is COc1cccc(C(O)COCCCC(C)C)c1. The Hall–Kier alpha value is -1.06. The van der Waals surface area contributed by atoms with Crippen molar-refractivity contribution in [3.8, 4) is 5.75 Å². The normalized spacial score (nSPS) is 12.7. The van der Waals surface area contributed by atoms with E-state index >= 15 is 0 Å². The largest absolute Gasteiger partial charge is 0.497 e. The summed E-state index contributed by atoms with van der Waals surface area (Å²) in [5.74, 6) is 1.46. The fraction of sp³-hybridized carbons (Fsp3) is 0.600. The zero-order chi connectivity index (χ0) is 13.4. The van der Waals surface area contributed by atoms with Crippen molar-refractivity contribution in [2.24, 2.45) is 5.92 Å². The van der Waals surface area contributed by atoms with Gasteiger partial charge in [0.15, 0.2) is 0 Å². The molecule has 0 saturated carbocycles. The number of methoxy groups -OCH3 is 1. The van der Waals surface area contributed by atoms with E-state index in [0.717, 1.165) is 24.2 Å². The van der Waals surface area contributed by atoms with E-state index in [1.165, 1.54) is 0 Å². The Bertz CT molecular complexity index is 336. The maximum absolute atomic E-state index is 9.97. The lowest BCUT2D eigenvalue weighted by molar-refractivity contribution is 0.0337. The first-order valence-corrected chi connectivity index (χ1v) is 6.53. The van der Waals surface area contributed by atoms with Crippen LogP contribution in [0.3, 0.4) is 0 Å². The van der Waals surface area contributed by atoms with Crippen molar-refractivity contribution >= 4 is 0 Å². The summed E-state index contributed by atoms with van der Waals surface area (Å²) in [4.78, 5) is 0. The molecule has 1 unspecified atom stereocenters. The Kier molecular flexibility index (Phi) is 6.76. The Morgan fingerprint density at radius 1 is 1.28 bits per heavy atom. The van der Waals surface area contributed by atoms with Crippen molar-refractivity contribution < 1.29 is 14.6 Å². The van der Waals surface area contributed by atoms with Gasteiger partial charge in [-0.1, -0.05) is 26.0 Å². The van der Waals surface area contributed by atoms with Crippen LogP contribution in [0.5, 0.6) is 5.75 Å². The second-order valence-corrected chi connectivity index (χ2v) is 4.90. The van der Waals surface area contributed by atoms with Gasteiger partial charge in [-0.25, -0.2) is 0 Å². The van der Waals surface area contributed by atoms with E-state index in [2.05, 4.69) is 13.8 Å². The van der Waals surface area contributed by atoms with Gasteiger partial charge in [0, 0.05) is 6.61 Å². The quantitative estimate of drug-likeness (QED) is 0.722. The van der Waals surface area contributed by atoms with Gasteiger partial charge in [-0.2, -0.15) is 0 Å². The number of aliphatic hydroxyl groups is 1. The summed E-state index contributed by atoms with van der Waals surface area (Å²) in [6, 6.07) is 7.45. The second kappa shape index (κ2) is 8.11.